The number of carbonyl (C=O) groups is 2. The van der Waals surface area contributed by atoms with Crippen LogP contribution in [-0.2, 0) is 35.3 Å². The summed E-state index contributed by atoms with van der Waals surface area (Å²) < 4.78 is 30.9. The molecule has 278 valence electrons. The Hall–Kier alpha value is -5.46. The van der Waals surface area contributed by atoms with Gasteiger partial charge in [0.15, 0.2) is 47.6 Å². The van der Waals surface area contributed by atoms with Crippen LogP contribution in [0.3, 0.4) is 0 Å². The molecule has 0 saturated heterocycles. The van der Waals surface area contributed by atoms with Crippen LogP contribution in [0.25, 0.3) is 0 Å². The highest BCUT2D eigenvalue weighted by Gasteiger charge is 2.45. The first-order chi connectivity index (χ1) is 25.3. The number of hydrogen-bond donors (Lipinski definition) is 3. The first-order valence-electron chi connectivity index (χ1n) is 17.7. The van der Waals surface area contributed by atoms with Crippen molar-refractivity contribution >= 4 is 11.9 Å². The fourth-order valence-corrected chi connectivity index (χ4v) is 8.57. The third-order valence-corrected chi connectivity index (χ3v) is 11.4. The Labute approximate surface area is 308 Å². The van der Waals surface area contributed by atoms with Gasteiger partial charge in [-0.25, -0.2) is 9.59 Å². The highest BCUT2D eigenvalue weighted by atomic mass is 16.5. The molecular formula is C41H46N2O10+2. The zero-order valence-electron chi connectivity index (χ0n) is 30.7. The van der Waals surface area contributed by atoms with Gasteiger partial charge in [-0.15, -0.1) is 0 Å². The molecule has 3 N–H and O–H groups in total. The van der Waals surface area contributed by atoms with Crippen LogP contribution in [0.4, 0.5) is 0 Å². The normalized spacial score (nSPS) is 23.0. The van der Waals surface area contributed by atoms with Gasteiger partial charge in [0.1, 0.15) is 17.8 Å². The van der Waals surface area contributed by atoms with Crippen LogP contribution in [0.2, 0.25) is 0 Å². The Kier molecular flexibility index (Phi) is 9.37. The zero-order valence-corrected chi connectivity index (χ0v) is 30.7. The number of hydrogen-bond acceptors (Lipinski definition) is 8. The Balaban J connectivity index is 1.50. The maximum absolute atomic E-state index is 12.4. The Morgan fingerprint density at radius 3 is 1.91 bits per heavy atom. The molecule has 4 heterocycles. The van der Waals surface area contributed by atoms with Crippen molar-refractivity contribution in [1.82, 2.24) is 0 Å². The number of nitrogens with zero attached hydrogens (tertiary/aromatic N) is 2. The van der Waals surface area contributed by atoms with E-state index in [9.17, 15) is 24.9 Å². The summed E-state index contributed by atoms with van der Waals surface area (Å²) in [5.74, 6) is 0.793. The second-order valence-electron chi connectivity index (χ2n) is 14.8. The number of aromatic hydroxyl groups is 1. The van der Waals surface area contributed by atoms with Crippen LogP contribution in [0.1, 0.15) is 45.5 Å². The van der Waals surface area contributed by atoms with E-state index in [-0.39, 0.29) is 45.3 Å². The molecule has 0 aliphatic carbocycles. The molecule has 4 aliphatic heterocycles. The minimum atomic E-state index is -0.942. The predicted octanol–water partition coefficient (Wildman–Crippen LogP) is 6.06. The van der Waals surface area contributed by atoms with Gasteiger partial charge in [0.2, 0.25) is 5.75 Å². The van der Waals surface area contributed by atoms with Crippen LogP contribution < -0.4 is 23.7 Å². The predicted molar refractivity (Wildman–Crippen MR) is 195 cm³/mol. The van der Waals surface area contributed by atoms with Crippen LogP contribution in [0.5, 0.6) is 46.0 Å². The van der Waals surface area contributed by atoms with Gasteiger partial charge in [-0.05, 0) is 64.7 Å². The Morgan fingerprint density at radius 2 is 1.26 bits per heavy atom. The number of quaternary nitrogens is 2. The molecule has 12 heteroatoms. The minimum absolute atomic E-state index is 0.0738. The van der Waals surface area contributed by atoms with E-state index >= 15 is 0 Å². The van der Waals surface area contributed by atoms with Crippen LogP contribution in [0, 0.1) is 0 Å². The first kappa shape index (κ1) is 35.9. The molecule has 8 rings (SSSR count). The fraction of sp³-hybridized carbons (Fsp3) is 0.366. The quantitative estimate of drug-likeness (QED) is 0.193. The van der Waals surface area contributed by atoms with E-state index in [1.54, 1.807) is 14.2 Å². The molecule has 4 aromatic carbocycles. The number of benzene rings is 4. The summed E-state index contributed by atoms with van der Waals surface area (Å²) in [7, 11) is 8.52. The smallest absolute Gasteiger partial charge is 0.359 e. The maximum atomic E-state index is 12.4. The van der Waals surface area contributed by atoms with Crippen molar-refractivity contribution in [1.29, 1.82) is 0 Å². The topological polar surface area (TPSA) is 141 Å². The number of phenols is 1. The van der Waals surface area contributed by atoms with E-state index in [1.807, 2.05) is 74.8 Å². The van der Waals surface area contributed by atoms with Crippen molar-refractivity contribution in [2.45, 2.75) is 37.8 Å². The van der Waals surface area contributed by atoms with Crippen LogP contribution >= 0.6 is 0 Å². The number of rotatable bonds is 7. The summed E-state index contributed by atoms with van der Waals surface area (Å²) in [4.78, 5) is 24.7. The summed E-state index contributed by atoms with van der Waals surface area (Å²) in [6.45, 7) is 0.894. The highest BCUT2D eigenvalue weighted by Crippen LogP contribution is 2.53. The third kappa shape index (κ3) is 6.68. The van der Waals surface area contributed by atoms with Crippen molar-refractivity contribution in [3.05, 3.63) is 94.0 Å². The van der Waals surface area contributed by atoms with E-state index in [1.165, 1.54) is 7.11 Å². The average Bonchev–Trinajstić information content (AvgIpc) is 3.11. The first-order valence-corrected chi connectivity index (χ1v) is 17.7. The van der Waals surface area contributed by atoms with E-state index < -0.39 is 18.0 Å². The van der Waals surface area contributed by atoms with E-state index in [4.69, 9.17) is 23.7 Å². The van der Waals surface area contributed by atoms with E-state index in [0.717, 1.165) is 27.8 Å². The molecule has 0 aromatic heterocycles. The summed E-state index contributed by atoms with van der Waals surface area (Å²) in [6, 6.07) is 18.4. The molecule has 4 aromatic rings. The van der Waals surface area contributed by atoms with Crippen molar-refractivity contribution in [2.75, 3.05) is 61.6 Å². The van der Waals surface area contributed by atoms with Gasteiger partial charge in [0.25, 0.3) is 0 Å². The highest BCUT2D eigenvalue weighted by molar-refractivity contribution is 5.69. The molecule has 0 saturated carbocycles. The Bertz CT molecular complexity index is 2080. The molecule has 0 spiro atoms. The van der Waals surface area contributed by atoms with Crippen LogP contribution in [0.15, 0.2) is 60.7 Å². The van der Waals surface area contributed by atoms with Gasteiger partial charge in [0.05, 0.1) is 54.1 Å². The van der Waals surface area contributed by atoms with Gasteiger partial charge >= 0.3 is 11.9 Å². The number of fused-ring (bicyclic) bond motifs is 2. The monoisotopic (exact) mass is 726 g/mol. The third-order valence-electron chi connectivity index (χ3n) is 11.4. The summed E-state index contributed by atoms with van der Waals surface area (Å²) in [5.41, 5.74) is 5.38. The number of likely N-dealkylation sites (N-methyl/N-ethyl adjacent to an activating group) is 2. The van der Waals surface area contributed by atoms with Gasteiger partial charge in [0, 0.05) is 31.2 Å². The van der Waals surface area contributed by atoms with Gasteiger partial charge in [-0.3, -0.25) is 0 Å². The molecule has 4 aliphatic rings. The van der Waals surface area contributed by atoms with Gasteiger partial charge in [-0.2, -0.15) is 0 Å². The largest absolute Gasteiger partial charge is 0.502 e. The summed E-state index contributed by atoms with van der Waals surface area (Å²) in [6.07, 6.45) is 2.07. The molecule has 0 amide bonds. The number of phenolic OH excluding ortho intramolecular Hbond substituents is 1. The van der Waals surface area contributed by atoms with E-state index in [2.05, 4.69) is 0 Å². The number of aliphatic carboxylic acids is 2. The number of carboxylic acid groups (broad SMARTS) is 2. The number of carboxylic acids is 2. The second kappa shape index (κ2) is 13.8. The maximum Gasteiger partial charge on any atom is 0.359 e. The molecule has 4 unspecified atom stereocenters. The molecule has 12 nitrogen and oxygen atoms in total. The summed E-state index contributed by atoms with van der Waals surface area (Å²) in [5, 5.41) is 32.1. The lowest BCUT2D eigenvalue weighted by atomic mass is 9.85. The lowest BCUT2D eigenvalue weighted by molar-refractivity contribution is -0.934. The van der Waals surface area contributed by atoms with Crippen LogP contribution in [-0.4, -0.2) is 97.8 Å². The van der Waals surface area contributed by atoms with Gasteiger partial charge in [-0.1, -0.05) is 18.2 Å². The zero-order chi connectivity index (χ0) is 37.7. The molecule has 0 fully saturated rings. The SMILES string of the molecule is COc1ccc2cc1Oc1ccc(cc1)CC1c3cc(c(OC)cc3CC[N+]1(C)CC(=O)O)Oc1c(O)c(OC)cc3c1C(C2)[N+](C)(CC(=O)O)CC3. The van der Waals surface area contributed by atoms with Gasteiger partial charge < -0.3 is 48.0 Å². The van der Waals surface area contributed by atoms with Crippen molar-refractivity contribution in [3.8, 4) is 46.0 Å². The second-order valence-corrected chi connectivity index (χ2v) is 14.8. The molecule has 0 radical (unpaired) electrons. The molecule has 4 atom stereocenters. The van der Waals surface area contributed by atoms with E-state index in [0.29, 0.717) is 73.1 Å². The average molecular weight is 727 g/mol. The van der Waals surface area contributed by atoms with Crippen molar-refractivity contribution in [3.63, 3.8) is 0 Å². The fourth-order valence-electron chi connectivity index (χ4n) is 8.57. The lowest BCUT2D eigenvalue weighted by Crippen LogP contribution is -2.54. The lowest BCUT2D eigenvalue weighted by Gasteiger charge is -2.45. The molecule has 53 heavy (non-hydrogen) atoms. The number of methoxy groups -OCH3 is 3. The summed E-state index contributed by atoms with van der Waals surface area (Å²) >= 11 is 0. The number of ether oxygens (including phenoxy) is 5. The minimum Gasteiger partial charge on any atom is -0.502 e. The van der Waals surface area contributed by atoms with Crippen molar-refractivity contribution in [2.24, 2.45) is 0 Å². The Morgan fingerprint density at radius 1 is 0.698 bits per heavy atom. The molecular weight excluding hydrogens is 680 g/mol. The standard InChI is InChI=1S/C41H44N2O10/c1-42(22-37(44)45)14-12-26-19-33(50-4)35-21-29(26)30(42)16-24-6-9-28(10-7-24)52-34-18-25(8-11-32(34)49-3)17-31-39-27(13-15-43(31,2)23-38(46)47)20-36(51-5)40(48)41(39)53-35/h6-11,18-21,30-31H,12-17,22-23H2,1-5H3,(H-2,44,45,46,47,48)/p+2. The molecule has 6 bridgehead atoms. The van der Waals surface area contributed by atoms with Crippen molar-refractivity contribution < 1.29 is 57.6 Å².